The molecule has 0 spiro atoms. The highest BCUT2D eigenvalue weighted by Crippen LogP contribution is 2.42. The van der Waals surface area contributed by atoms with Gasteiger partial charge in [-0.3, -0.25) is 9.59 Å². The second-order valence-electron chi connectivity index (χ2n) is 8.88. The number of hydrogen-bond donors (Lipinski definition) is 3. The van der Waals surface area contributed by atoms with Gasteiger partial charge in [-0.15, -0.1) is 0 Å². The number of phenolic OH excluding ortho intramolecular Hbond substituents is 1. The van der Waals surface area contributed by atoms with E-state index in [4.69, 9.17) is 16.6 Å². The highest BCUT2D eigenvalue weighted by molar-refractivity contribution is 7.80. The highest BCUT2D eigenvalue weighted by atomic mass is 32.1. The van der Waals surface area contributed by atoms with Gasteiger partial charge in [0, 0.05) is 46.4 Å². The predicted molar refractivity (Wildman–Crippen MR) is 149 cm³/mol. The lowest BCUT2D eigenvalue weighted by atomic mass is 9.91. The molecule has 0 unspecified atom stereocenters. The number of nitrogens with one attached hydrogen (secondary N) is 2. The van der Waals surface area contributed by atoms with E-state index in [-0.39, 0.29) is 11.2 Å². The van der Waals surface area contributed by atoms with Crippen LogP contribution in [0.15, 0.2) is 63.8 Å². The average Bonchev–Trinajstić information content (AvgIpc) is 2.86. The summed E-state index contributed by atoms with van der Waals surface area (Å²) in [7, 11) is 0. The molecule has 6 nitrogen and oxygen atoms in total. The molecule has 0 radical (unpaired) electrons. The standard InChI is InChI=1S/C29H30N2O4S/c1-2-3-4-5-6-7-14-30-29(36)31-20-8-11-23(19(15-20)18-32)28-24-12-9-21(33)16-26(24)35-27-17-22(34)10-13-25(27)28/h8-13,15-18,33H,2-7,14H2,1H3,(H2,30,31,36). The van der Waals surface area contributed by atoms with E-state index >= 15 is 0 Å². The van der Waals surface area contributed by atoms with Crippen molar-refractivity contribution in [3.05, 3.63) is 70.4 Å². The maximum Gasteiger partial charge on any atom is 0.182 e. The lowest BCUT2D eigenvalue weighted by molar-refractivity contribution is 0.112. The quantitative estimate of drug-likeness (QED) is 0.0958. The summed E-state index contributed by atoms with van der Waals surface area (Å²) in [6.07, 6.45) is 8.08. The minimum Gasteiger partial charge on any atom is -0.508 e. The smallest absolute Gasteiger partial charge is 0.182 e. The van der Waals surface area contributed by atoms with Crippen molar-refractivity contribution in [3.63, 3.8) is 0 Å². The van der Waals surface area contributed by atoms with E-state index in [1.807, 2.05) is 12.1 Å². The SMILES string of the molecule is CCCCCCCCNC(=S)Nc1ccc(-c2c3ccc(=O)cc-3oc3cc(O)ccc23)c(C=O)c1. The molecule has 0 fully saturated rings. The van der Waals surface area contributed by atoms with Gasteiger partial charge in [0.15, 0.2) is 16.8 Å². The van der Waals surface area contributed by atoms with E-state index in [2.05, 4.69) is 17.6 Å². The molecular formula is C29H30N2O4S. The van der Waals surface area contributed by atoms with Crippen LogP contribution in [0.2, 0.25) is 0 Å². The molecular weight excluding hydrogens is 472 g/mol. The molecule has 1 aliphatic heterocycles. The Morgan fingerprint density at radius 2 is 1.75 bits per heavy atom. The summed E-state index contributed by atoms with van der Waals surface area (Å²) in [4.78, 5) is 24.1. The van der Waals surface area contributed by atoms with Gasteiger partial charge in [0.25, 0.3) is 0 Å². The molecule has 1 aliphatic carbocycles. The third kappa shape index (κ3) is 5.91. The second kappa shape index (κ2) is 11.8. The minimum atomic E-state index is -0.186. The fourth-order valence-corrected chi connectivity index (χ4v) is 4.62. The van der Waals surface area contributed by atoms with Crippen LogP contribution in [0.3, 0.4) is 0 Å². The average molecular weight is 503 g/mol. The molecule has 0 atom stereocenters. The van der Waals surface area contributed by atoms with Crippen molar-refractivity contribution in [2.24, 2.45) is 0 Å². The summed E-state index contributed by atoms with van der Waals surface area (Å²) in [5.74, 6) is 0.432. The van der Waals surface area contributed by atoms with Crippen molar-refractivity contribution in [1.29, 1.82) is 0 Å². The Kier molecular flexibility index (Phi) is 8.33. The van der Waals surface area contributed by atoms with Gasteiger partial charge in [0.2, 0.25) is 0 Å². The van der Waals surface area contributed by atoms with Crippen LogP contribution in [-0.4, -0.2) is 23.0 Å². The van der Waals surface area contributed by atoms with Gasteiger partial charge in [-0.25, -0.2) is 0 Å². The fourth-order valence-electron chi connectivity index (χ4n) is 4.40. The highest BCUT2D eigenvalue weighted by Gasteiger charge is 2.20. The molecule has 186 valence electrons. The van der Waals surface area contributed by atoms with E-state index in [0.717, 1.165) is 30.2 Å². The van der Waals surface area contributed by atoms with Crippen LogP contribution in [0.1, 0.15) is 55.8 Å². The molecule has 3 N–H and O–H groups in total. The maximum absolute atomic E-state index is 12.1. The van der Waals surface area contributed by atoms with Gasteiger partial charge >= 0.3 is 0 Å². The number of aromatic hydroxyl groups is 1. The number of carbonyl (C=O) groups excluding carboxylic acids is 1. The zero-order chi connectivity index (χ0) is 25.5. The summed E-state index contributed by atoms with van der Waals surface area (Å²) < 4.78 is 5.91. The van der Waals surface area contributed by atoms with Gasteiger partial charge in [0.05, 0.1) is 0 Å². The van der Waals surface area contributed by atoms with E-state index in [9.17, 15) is 14.7 Å². The van der Waals surface area contributed by atoms with E-state index in [1.165, 1.54) is 50.3 Å². The molecule has 1 heterocycles. The number of anilines is 1. The number of unbranched alkanes of at least 4 members (excludes halogenated alkanes) is 5. The first-order chi connectivity index (χ1) is 17.5. The number of rotatable bonds is 10. The minimum absolute atomic E-state index is 0.0481. The van der Waals surface area contributed by atoms with Gasteiger partial charge in [-0.05, 0) is 60.6 Å². The number of fused-ring (bicyclic) bond motifs is 2. The molecule has 36 heavy (non-hydrogen) atoms. The Bertz CT molecular complexity index is 1410. The van der Waals surface area contributed by atoms with Crippen molar-refractivity contribution in [3.8, 4) is 28.2 Å². The lowest BCUT2D eigenvalue weighted by Gasteiger charge is -2.17. The van der Waals surface area contributed by atoms with E-state index < -0.39 is 0 Å². The fraction of sp³-hybridized carbons (Fsp3) is 0.276. The number of carbonyl (C=O) groups is 1. The first-order valence-corrected chi connectivity index (χ1v) is 12.7. The van der Waals surface area contributed by atoms with Crippen molar-refractivity contribution >= 4 is 40.3 Å². The summed E-state index contributed by atoms with van der Waals surface area (Å²) in [5.41, 5.74) is 3.55. The largest absolute Gasteiger partial charge is 0.508 e. The molecule has 0 saturated heterocycles. The van der Waals surface area contributed by atoms with Gasteiger partial charge in [0.1, 0.15) is 17.1 Å². The molecule has 0 aromatic heterocycles. The van der Waals surface area contributed by atoms with Crippen LogP contribution in [0.5, 0.6) is 5.75 Å². The van der Waals surface area contributed by atoms with Crippen molar-refractivity contribution in [2.75, 3.05) is 11.9 Å². The molecule has 4 rings (SSSR count). The number of hydrogen-bond acceptors (Lipinski definition) is 5. The van der Waals surface area contributed by atoms with Crippen LogP contribution in [0.4, 0.5) is 5.69 Å². The zero-order valence-corrected chi connectivity index (χ0v) is 21.1. The first-order valence-electron chi connectivity index (χ1n) is 12.3. The van der Waals surface area contributed by atoms with Gasteiger partial charge in [-0.1, -0.05) is 45.1 Å². The Morgan fingerprint density at radius 3 is 2.56 bits per heavy atom. The predicted octanol–water partition coefficient (Wildman–Crippen LogP) is 6.73. The van der Waals surface area contributed by atoms with Gasteiger partial charge < -0.3 is 20.2 Å². The third-order valence-corrected chi connectivity index (χ3v) is 6.44. The lowest BCUT2D eigenvalue weighted by Crippen LogP contribution is -2.29. The number of aldehydes is 1. The Balaban J connectivity index is 1.59. The summed E-state index contributed by atoms with van der Waals surface area (Å²) in [5, 5.41) is 17.6. The monoisotopic (exact) mass is 502 g/mol. The Morgan fingerprint density at radius 1 is 0.972 bits per heavy atom. The van der Waals surface area contributed by atoms with Crippen LogP contribution in [0, 0.1) is 0 Å². The summed E-state index contributed by atoms with van der Waals surface area (Å²) in [6.45, 7) is 3.01. The van der Waals surface area contributed by atoms with Crippen LogP contribution < -0.4 is 16.1 Å². The number of phenols is 1. The molecule has 2 aromatic carbocycles. The maximum atomic E-state index is 12.1. The topological polar surface area (TPSA) is 91.6 Å². The molecule has 7 heteroatoms. The first kappa shape index (κ1) is 25.4. The second-order valence-corrected chi connectivity index (χ2v) is 9.29. The van der Waals surface area contributed by atoms with E-state index in [1.54, 1.807) is 24.3 Å². The molecule has 0 bridgehead atoms. The summed E-state index contributed by atoms with van der Waals surface area (Å²) in [6, 6.07) is 14.9. The number of thiocarbonyl (C=S) groups is 1. The van der Waals surface area contributed by atoms with E-state index in [0.29, 0.717) is 38.8 Å². The summed E-state index contributed by atoms with van der Waals surface area (Å²) >= 11 is 5.44. The molecule has 0 saturated carbocycles. The Hall–Kier alpha value is -3.71. The van der Waals surface area contributed by atoms with Crippen LogP contribution in [0.25, 0.3) is 33.4 Å². The molecule has 0 amide bonds. The zero-order valence-electron chi connectivity index (χ0n) is 20.3. The van der Waals surface area contributed by atoms with Crippen molar-refractivity contribution in [1.82, 2.24) is 5.32 Å². The normalized spacial score (nSPS) is 11.0. The number of benzene rings is 3. The van der Waals surface area contributed by atoms with Crippen molar-refractivity contribution < 1.29 is 14.3 Å². The van der Waals surface area contributed by atoms with Crippen LogP contribution in [-0.2, 0) is 0 Å². The van der Waals surface area contributed by atoms with Crippen LogP contribution >= 0.6 is 12.2 Å². The van der Waals surface area contributed by atoms with Gasteiger partial charge in [-0.2, -0.15) is 0 Å². The van der Waals surface area contributed by atoms with Crippen molar-refractivity contribution in [2.45, 2.75) is 45.4 Å². The molecule has 2 aromatic rings. The molecule has 2 aliphatic rings. The third-order valence-electron chi connectivity index (χ3n) is 6.20. The Labute approximate surface area is 215 Å².